The first-order valence-electron chi connectivity index (χ1n) is 10.6. The lowest BCUT2D eigenvalue weighted by atomic mass is 9.83. The minimum Gasteiger partial charge on any atom is -0.507 e. The molecular weight excluding hydrogens is 382 g/mol. The quantitative estimate of drug-likeness (QED) is 0.666. The highest BCUT2D eigenvalue weighted by molar-refractivity contribution is 5.67. The molecule has 1 aromatic rings. The summed E-state index contributed by atoms with van der Waals surface area (Å²) < 4.78 is 6.32. The first kappa shape index (κ1) is 22.3. The maximum absolute atomic E-state index is 12.4. The molecule has 0 spiro atoms. The number of carbonyl (C=O) groups is 1. The van der Waals surface area contributed by atoms with E-state index in [0.717, 1.165) is 29.5 Å². The van der Waals surface area contributed by atoms with E-state index in [-0.39, 0.29) is 18.3 Å². The molecule has 3 rings (SSSR count). The second kappa shape index (κ2) is 10.1. The van der Waals surface area contributed by atoms with Gasteiger partial charge in [0.2, 0.25) is 0 Å². The van der Waals surface area contributed by atoms with Gasteiger partial charge in [0.05, 0.1) is 12.2 Å². The van der Waals surface area contributed by atoms with Crippen LogP contribution in [0, 0.1) is 12.8 Å². The van der Waals surface area contributed by atoms with Gasteiger partial charge in [-0.15, -0.1) is 18.2 Å². The van der Waals surface area contributed by atoms with Crippen molar-refractivity contribution >= 4 is 6.09 Å². The van der Waals surface area contributed by atoms with Crippen LogP contribution >= 0.6 is 0 Å². The maximum atomic E-state index is 12.4. The number of rotatable bonds is 7. The summed E-state index contributed by atoms with van der Waals surface area (Å²) in [5.41, 5.74) is 8.78. The predicted octanol–water partition coefficient (Wildman–Crippen LogP) is 3.08. The van der Waals surface area contributed by atoms with Gasteiger partial charge in [-0.05, 0) is 36.8 Å². The van der Waals surface area contributed by atoms with Crippen LogP contribution in [0.3, 0.4) is 0 Å². The van der Waals surface area contributed by atoms with Gasteiger partial charge >= 0.3 is 6.09 Å². The zero-order chi connectivity index (χ0) is 21.7. The fraction of sp³-hybridized carbons (Fsp3) is 0.522. The second-order valence-electron chi connectivity index (χ2n) is 8.01. The smallest absolute Gasteiger partial charge is 0.429 e. The molecule has 1 fully saturated rings. The minimum atomic E-state index is -0.389. The highest BCUT2D eigenvalue weighted by Crippen LogP contribution is 2.40. The Morgan fingerprint density at radius 3 is 2.60 bits per heavy atom. The molecule has 2 aliphatic heterocycles. The standard InChI is InChI=1S/C23H33N3O4/c1-4-10-25(11-5-2)23(28)30-26-12-8-17(9-13-26)20-14-19-18(21(15-24)29-20)7-6-16(3)22(19)27/h4-7,17,20-21,27H,1-2,8-15,24H2,3H3/t20-,21-/m0/s1. The van der Waals surface area contributed by atoms with Crippen molar-refractivity contribution < 1.29 is 19.5 Å². The summed E-state index contributed by atoms with van der Waals surface area (Å²) in [5.74, 6) is 0.676. The van der Waals surface area contributed by atoms with Crippen LogP contribution in [0.15, 0.2) is 37.4 Å². The van der Waals surface area contributed by atoms with Gasteiger partial charge < -0.3 is 20.4 Å². The van der Waals surface area contributed by atoms with Gasteiger partial charge in [-0.1, -0.05) is 24.3 Å². The average Bonchev–Trinajstić information content (AvgIpc) is 2.76. The number of phenolic OH excluding ortho intramolecular Hbond substituents is 1. The topological polar surface area (TPSA) is 88.3 Å². The van der Waals surface area contributed by atoms with Gasteiger partial charge in [-0.3, -0.25) is 4.90 Å². The molecule has 30 heavy (non-hydrogen) atoms. The third-order valence-corrected chi connectivity index (χ3v) is 6.01. The molecule has 2 heterocycles. The van der Waals surface area contributed by atoms with Crippen molar-refractivity contribution in [1.82, 2.24) is 9.96 Å². The Kier molecular flexibility index (Phi) is 7.53. The summed E-state index contributed by atoms with van der Waals surface area (Å²) >= 11 is 0. The zero-order valence-corrected chi connectivity index (χ0v) is 17.8. The number of phenols is 1. The number of aromatic hydroxyl groups is 1. The van der Waals surface area contributed by atoms with Gasteiger partial charge in [0, 0.05) is 44.7 Å². The molecular formula is C23H33N3O4. The first-order chi connectivity index (χ1) is 14.5. The summed E-state index contributed by atoms with van der Waals surface area (Å²) in [7, 11) is 0. The highest BCUT2D eigenvalue weighted by atomic mass is 16.7. The van der Waals surface area contributed by atoms with Gasteiger partial charge in [0.1, 0.15) is 5.75 Å². The lowest BCUT2D eigenvalue weighted by Gasteiger charge is -2.40. The minimum absolute atomic E-state index is 0.00497. The van der Waals surface area contributed by atoms with Gasteiger partial charge in [-0.25, -0.2) is 4.79 Å². The van der Waals surface area contributed by atoms with Crippen LogP contribution in [0.5, 0.6) is 5.75 Å². The zero-order valence-electron chi connectivity index (χ0n) is 17.8. The average molecular weight is 416 g/mol. The van der Waals surface area contributed by atoms with Crippen LogP contribution in [0.1, 0.15) is 35.6 Å². The number of nitrogens with two attached hydrogens (primary N) is 1. The van der Waals surface area contributed by atoms with Crippen LogP contribution < -0.4 is 5.73 Å². The van der Waals surface area contributed by atoms with E-state index in [1.165, 1.54) is 0 Å². The Labute approximate surface area is 178 Å². The molecule has 1 saturated heterocycles. The Morgan fingerprint density at radius 2 is 2.00 bits per heavy atom. The largest absolute Gasteiger partial charge is 0.507 e. The monoisotopic (exact) mass is 415 g/mol. The van der Waals surface area contributed by atoms with Crippen molar-refractivity contribution in [1.29, 1.82) is 0 Å². The molecule has 7 nitrogen and oxygen atoms in total. The Hall–Kier alpha value is -2.35. The molecule has 0 aromatic heterocycles. The third-order valence-electron chi connectivity index (χ3n) is 6.01. The summed E-state index contributed by atoms with van der Waals surface area (Å²) in [6, 6.07) is 3.92. The van der Waals surface area contributed by atoms with E-state index < -0.39 is 0 Å². The molecule has 3 N–H and O–H groups in total. The number of benzene rings is 1. The molecule has 2 aliphatic rings. The van der Waals surface area contributed by atoms with Gasteiger partial charge in [0.25, 0.3) is 0 Å². The number of aryl methyl sites for hydroxylation is 1. The van der Waals surface area contributed by atoms with Crippen LogP contribution in [0.2, 0.25) is 0 Å². The van der Waals surface area contributed by atoms with Crippen LogP contribution in [-0.2, 0) is 16.0 Å². The second-order valence-corrected chi connectivity index (χ2v) is 8.01. The summed E-state index contributed by atoms with van der Waals surface area (Å²) in [5, 5.41) is 12.3. The number of fused-ring (bicyclic) bond motifs is 1. The Balaban J connectivity index is 1.60. The normalized spacial score (nSPS) is 22.2. The molecule has 0 unspecified atom stereocenters. The van der Waals surface area contributed by atoms with Crippen molar-refractivity contribution in [2.24, 2.45) is 11.7 Å². The fourth-order valence-corrected chi connectivity index (χ4v) is 4.32. The molecule has 2 atom stereocenters. The summed E-state index contributed by atoms with van der Waals surface area (Å²) in [6.45, 7) is 11.8. The Bertz CT molecular complexity index is 764. The van der Waals surface area contributed by atoms with Crippen molar-refractivity contribution in [2.75, 3.05) is 32.7 Å². The number of ether oxygens (including phenoxy) is 1. The molecule has 0 bridgehead atoms. The number of amides is 1. The van der Waals surface area contributed by atoms with E-state index in [2.05, 4.69) is 13.2 Å². The van der Waals surface area contributed by atoms with E-state index in [4.69, 9.17) is 15.3 Å². The van der Waals surface area contributed by atoms with E-state index in [9.17, 15) is 9.90 Å². The molecule has 1 amide bonds. The summed E-state index contributed by atoms with van der Waals surface area (Å²) in [4.78, 5) is 19.5. The molecule has 0 saturated carbocycles. The van der Waals surface area contributed by atoms with E-state index in [1.807, 2.05) is 19.1 Å². The summed E-state index contributed by atoms with van der Waals surface area (Å²) in [6.07, 6.45) is 5.11. The number of piperidine rings is 1. The number of hydrogen-bond acceptors (Lipinski definition) is 6. The number of hydrogen-bond donors (Lipinski definition) is 2. The van der Waals surface area contributed by atoms with Crippen molar-refractivity contribution in [2.45, 2.75) is 38.4 Å². The van der Waals surface area contributed by atoms with Crippen molar-refractivity contribution in [3.05, 3.63) is 54.1 Å². The van der Waals surface area contributed by atoms with Gasteiger partial charge in [0.15, 0.2) is 0 Å². The van der Waals surface area contributed by atoms with Crippen LogP contribution in [0.4, 0.5) is 4.79 Å². The maximum Gasteiger partial charge on any atom is 0.429 e. The van der Waals surface area contributed by atoms with E-state index in [0.29, 0.717) is 50.8 Å². The molecule has 0 aliphatic carbocycles. The fourth-order valence-electron chi connectivity index (χ4n) is 4.32. The SMILES string of the molecule is C=CCN(CC=C)C(=O)ON1CCC([C@@H]2Cc3c(ccc(C)c3O)[C@H](CN)O2)CC1. The van der Waals surface area contributed by atoms with Crippen molar-refractivity contribution in [3.63, 3.8) is 0 Å². The number of nitrogens with zero attached hydrogens (tertiary/aromatic N) is 2. The van der Waals surface area contributed by atoms with Gasteiger partial charge in [-0.2, -0.15) is 0 Å². The van der Waals surface area contributed by atoms with Crippen LogP contribution in [0.25, 0.3) is 0 Å². The molecule has 1 aromatic carbocycles. The lowest BCUT2D eigenvalue weighted by Crippen LogP contribution is -2.44. The predicted molar refractivity (Wildman–Crippen MR) is 116 cm³/mol. The van der Waals surface area contributed by atoms with E-state index in [1.54, 1.807) is 22.1 Å². The lowest BCUT2D eigenvalue weighted by molar-refractivity contribution is -0.143. The highest BCUT2D eigenvalue weighted by Gasteiger charge is 2.36. The number of carbonyl (C=O) groups excluding carboxylic acids is 1. The Morgan fingerprint density at radius 1 is 1.33 bits per heavy atom. The molecule has 164 valence electrons. The third kappa shape index (κ3) is 4.86. The number of hydroxylamine groups is 2. The molecule has 7 heteroatoms. The first-order valence-corrected chi connectivity index (χ1v) is 10.6. The molecule has 0 radical (unpaired) electrons. The van der Waals surface area contributed by atoms with E-state index >= 15 is 0 Å². The van der Waals surface area contributed by atoms with Crippen molar-refractivity contribution in [3.8, 4) is 5.75 Å². The van der Waals surface area contributed by atoms with Crippen LogP contribution in [-0.4, -0.2) is 60.0 Å².